The van der Waals surface area contributed by atoms with Crippen LogP contribution in [0.1, 0.15) is 40.4 Å². The third kappa shape index (κ3) is 11.2. The highest BCUT2D eigenvalue weighted by Gasteiger charge is 2.28. The molecule has 5 rings (SSSR count). The number of benzene rings is 2. The minimum Gasteiger partial charge on any atom is -0.870 e. The van der Waals surface area contributed by atoms with E-state index in [9.17, 15) is 27.1 Å². The number of phenols is 1. The first-order valence-corrected chi connectivity index (χ1v) is 17.9. The van der Waals surface area contributed by atoms with E-state index in [0.29, 0.717) is 56.5 Å². The van der Waals surface area contributed by atoms with Crippen molar-refractivity contribution in [1.29, 1.82) is 0 Å². The Morgan fingerprint density at radius 1 is 1.10 bits per heavy atom. The van der Waals surface area contributed by atoms with Crippen LogP contribution in [-0.4, -0.2) is 88.7 Å². The first kappa shape index (κ1) is 41.2. The van der Waals surface area contributed by atoms with Crippen molar-refractivity contribution in [2.24, 2.45) is 5.92 Å². The fourth-order valence-corrected chi connectivity index (χ4v) is 6.63. The summed E-state index contributed by atoms with van der Waals surface area (Å²) in [6.07, 6.45) is 4.87. The van der Waals surface area contributed by atoms with Crippen LogP contribution in [0.2, 0.25) is 10.0 Å². The molecule has 2 heterocycles. The molecule has 1 saturated heterocycles. The van der Waals surface area contributed by atoms with E-state index in [4.69, 9.17) is 37.4 Å². The van der Waals surface area contributed by atoms with Gasteiger partial charge in [-0.15, -0.1) is 12.4 Å². The summed E-state index contributed by atoms with van der Waals surface area (Å²) in [5.41, 5.74) is 0.680. The van der Waals surface area contributed by atoms with E-state index in [2.05, 4.69) is 9.72 Å². The number of hydrogen-bond acceptors (Lipinski definition) is 10. The number of pyridine rings is 1. The summed E-state index contributed by atoms with van der Waals surface area (Å²) < 4.78 is 75.0. The number of esters is 1. The Kier molecular flexibility index (Phi) is 15.1. The number of aromatic nitrogens is 1. The Labute approximate surface area is 304 Å². The van der Waals surface area contributed by atoms with Gasteiger partial charge in [0.25, 0.3) is 0 Å². The molecule has 0 radical (unpaired) electrons. The number of H-pyrrole nitrogens is 1. The number of hydrogen-bond donors (Lipinski definition) is 1. The molecule has 3 N–H and O–H groups in total. The molecule has 2 aromatic carbocycles. The first-order chi connectivity index (χ1) is 22.9. The van der Waals surface area contributed by atoms with Crippen molar-refractivity contribution >= 4 is 57.3 Å². The summed E-state index contributed by atoms with van der Waals surface area (Å²) in [6.45, 7) is -0.0689. The number of nitrogens with one attached hydrogen (secondary N) is 1. The molecule has 18 heteroatoms. The second-order valence-corrected chi connectivity index (χ2v) is 14.3. The second kappa shape index (κ2) is 18.4. The maximum absolute atomic E-state index is 13.7. The van der Waals surface area contributed by atoms with E-state index in [1.54, 1.807) is 0 Å². The maximum atomic E-state index is 13.7. The van der Waals surface area contributed by atoms with Crippen molar-refractivity contribution < 1.29 is 56.5 Å². The Hall–Kier alpha value is -3.18. The Bertz CT molecular complexity index is 1700. The van der Waals surface area contributed by atoms with Crippen LogP contribution in [-0.2, 0) is 25.9 Å². The van der Waals surface area contributed by atoms with Crippen LogP contribution in [0.5, 0.6) is 17.2 Å². The van der Waals surface area contributed by atoms with Crippen molar-refractivity contribution in [3.05, 3.63) is 75.5 Å². The number of phenolic OH excluding ortho intramolecular Hbond substituents is 1. The molecule has 1 aliphatic heterocycles. The summed E-state index contributed by atoms with van der Waals surface area (Å²) in [6, 6.07) is 8.01. The number of carbonyl (C=O) groups excluding carboxylic acids is 1. The molecule has 2 fully saturated rings. The molecule has 1 atom stereocenters. The number of anilines is 1. The molecule has 1 aliphatic carbocycles. The normalized spacial score (nSPS) is 15.4. The highest BCUT2D eigenvalue weighted by atomic mass is 35.5. The average Bonchev–Trinajstić information content (AvgIpc) is 3.87. The summed E-state index contributed by atoms with van der Waals surface area (Å²) in [7, 11) is -3.87. The van der Waals surface area contributed by atoms with Crippen molar-refractivity contribution in [3.8, 4) is 17.2 Å². The molecule has 276 valence electrons. The van der Waals surface area contributed by atoms with Gasteiger partial charge in [0.05, 0.1) is 37.3 Å². The van der Waals surface area contributed by atoms with E-state index in [0.717, 1.165) is 23.4 Å². The first-order valence-electron chi connectivity index (χ1n) is 15.3. The predicted octanol–water partition coefficient (Wildman–Crippen LogP) is 5.39. The Morgan fingerprint density at radius 2 is 1.78 bits per heavy atom. The van der Waals surface area contributed by atoms with Crippen molar-refractivity contribution in [2.45, 2.75) is 32.0 Å². The van der Waals surface area contributed by atoms with Gasteiger partial charge in [0, 0.05) is 38.2 Å². The maximum Gasteiger partial charge on any atom is 0.387 e. The number of ether oxygens (including phenoxy) is 4. The fourth-order valence-electron chi connectivity index (χ4n) is 5.18. The molecule has 1 saturated carbocycles. The SMILES string of the molecule is CS(=O)(=O)N(CCN1CCOCC1)c1cc(C(=O)O[C@@H](Cc2c(Cl)c[nH+]cc2Cl)c2ccc(OC(F)F)c(OCC3CC3)c2)ccc1O.Cl.[OH-]. The number of morpholine rings is 1. The van der Waals surface area contributed by atoms with Gasteiger partial charge in [-0.25, -0.2) is 18.2 Å². The smallest absolute Gasteiger partial charge is 0.387 e. The highest BCUT2D eigenvalue weighted by Crippen LogP contribution is 2.38. The number of nitrogens with zero attached hydrogens (tertiary/aromatic N) is 2. The van der Waals surface area contributed by atoms with Gasteiger partial charge in [-0.05, 0) is 54.7 Å². The minimum atomic E-state index is -3.87. The van der Waals surface area contributed by atoms with Crippen LogP contribution in [0, 0.1) is 5.92 Å². The van der Waals surface area contributed by atoms with Crippen molar-refractivity contribution in [2.75, 3.05) is 56.6 Å². The van der Waals surface area contributed by atoms with Crippen LogP contribution in [0.4, 0.5) is 14.5 Å². The molecular weight excluding hydrogens is 747 g/mol. The van der Waals surface area contributed by atoms with Gasteiger partial charge in [-0.3, -0.25) is 9.21 Å². The van der Waals surface area contributed by atoms with E-state index in [-0.39, 0.29) is 69.4 Å². The zero-order valence-corrected chi connectivity index (χ0v) is 30.0. The third-order valence-electron chi connectivity index (χ3n) is 7.97. The Balaban J connectivity index is 0.00000338. The average molecular weight is 785 g/mol. The second-order valence-electron chi connectivity index (χ2n) is 11.6. The number of rotatable bonds is 15. The monoisotopic (exact) mass is 783 g/mol. The van der Waals surface area contributed by atoms with Gasteiger partial charge in [-0.2, -0.15) is 8.78 Å². The number of aromatic hydroxyl groups is 1. The van der Waals surface area contributed by atoms with Gasteiger partial charge in [-0.1, -0.05) is 29.3 Å². The third-order valence-corrected chi connectivity index (χ3v) is 9.82. The zero-order valence-electron chi connectivity index (χ0n) is 26.9. The van der Waals surface area contributed by atoms with Crippen molar-refractivity contribution in [3.63, 3.8) is 0 Å². The number of sulfonamides is 1. The number of halogens is 5. The molecule has 0 unspecified atom stereocenters. The Morgan fingerprint density at radius 3 is 2.40 bits per heavy atom. The van der Waals surface area contributed by atoms with Gasteiger partial charge < -0.3 is 29.5 Å². The number of carbonyl (C=O) groups is 1. The summed E-state index contributed by atoms with van der Waals surface area (Å²) in [5, 5.41) is 11.2. The van der Waals surface area contributed by atoms with Crippen LogP contribution < -0.4 is 18.8 Å². The lowest BCUT2D eigenvalue weighted by Gasteiger charge is -2.30. The lowest BCUT2D eigenvalue weighted by Crippen LogP contribution is -2.43. The van der Waals surface area contributed by atoms with Crippen molar-refractivity contribution in [1.82, 2.24) is 4.90 Å². The predicted molar refractivity (Wildman–Crippen MR) is 183 cm³/mol. The molecule has 0 spiro atoms. The van der Waals surface area contributed by atoms with Crippen LogP contribution >= 0.6 is 35.6 Å². The van der Waals surface area contributed by atoms with Gasteiger partial charge in [0.1, 0.15) is 21.9 Å². The van der Waals surface area contributed by atoms with Gasteiger partial charge in [0.15, 0.2) is 23.9 Å². The molecular formula is C32H38Cl3F2N3O9S. The molecule has 2 aliphatic rings. The quantitative estimate of drug-likeness (QED) is 0.198. The molecule has 0 bridgehead atoms. The van der Waals surface area contributed by atoms with Gasteiger partial charge >= 0.3 is 12.6 Å². The molecule has 0 amide bonds. The van der Waals surface area contributed by atoms with Crippen LogP contribution in [0.15, 0.2) is 48.8 Å². The topological polar surface area (TPSA) is 159 Å². The highest BCUT2D eigenvalue weighted by molar-refractivity contribution is 7.92. The summed E-state index contributed by atoms with van der Waals surface area (Å²) >= 11 is 12.9. The molecule has 3 aromatic rings. The molecule has 50 heavy (non-hydrogen) atoms. The molecule has 12 nitrogen and oxygen atoms in total. The summed E-state index contributed by atoms with van der Waals surface area (Å²) in [4.78, 5) is 18.6. The minimum absolute atomic E-state index is 0. The van der Waals surface area contributed by atoms with E-state index >= 15 is 0 Å². The number of aromatic amines is 1. The van der Waals surface area contributed by atoms with E-state index in [1.165, 1.54) is 48.8 Å². The molecule has 1 aromatic heterocycles. The number of alkyl halides is 2. The lowest BCUT2D eigenvalue weighted by atomic mass is 10.0. The van der Waals surface area contributed by atoms with Crippen LogP contribution in [0.25, 0.3) is 0 Å². The summed E-state index contributed by atoms with van der Waals surface area (Å²) in [5.74, 6) is -1.02. The van der Waals surface area contributed by atoms with E-state index in [1.807, 2.05) is 4.90 Å². The van der Waals surface area contributed by atoms with E-state index < -0.39 is 28.7 Å². The standard InChI is InChI=1S/C32H35Cl2F2N3O8S.ClH.H2O/c1-48(42,43)39(9-8-38-10-12-44-13-11-38)26-14-22(4-6-27(26)40)31(41)46-29(16-23-24(33)17-37-18-25(23)34)21-5-7-28(47-32(35)36)30(15-21)45-19-20-2-3-20;;/h4-7,14-15,17-18,20,29,32,40H,2-3,8-13,16,19H2,1H3;1H;1H2/t29-;;/m0../s1. The van der Waals surface area contributed by atoms with Gasteiger partial charge in [0.2, 0.25) is 10.0 Å². The lowest BCUT2D eigenvalue weighted by molar-refractivity contribution is -0.377. The largest absolute Gasteiger partial charge is 0.870 e. The fraction of sp³-hybridized carbons (Fsp3) is 0.438. The zero-order chi connectivity index (χ0) is 34.4. The van der Waals surface area contributed by atoms with Crippen LogP contribution in [0.3, 0.4) is 0 Å².